The van der Waals surface area contributed by atoms with Gasteiger partial charge in [-0.3, -0.25) is 0 Å². The molecule has 8 nitrogen and oxygen atoms in total. The highest BCUT2D eigenvalue weighted by Crippen LogP contribution is 2.20. The first-order chi connectivity index (χ1) is 13.5. The van der Waals surface area contributed by atoms with Crippen LogP contribution in [-0.2, 0) is 38.3 Å². The summed E-state index contributed by atoms with van der Waals surface area (Å²) in [7, 11) is -1.84. The topological polar surface area (TPSA) is 94.8 Å². The highest BCUT2D eigenvalue weighted by Gasteiger charge is 2.28. The summed E-state index contributed by atoms with van der Waals surface area (Å²) in [6, 6.07) is 5.52. The molecular weight excluding hydrogens is 389 g/mol. The molecule has 1 fully saturated rings. The van der Waals surface area contributed by atoms with Gasteiger partial charge in [0.15, 0.2) is 5.82 Å². The molecule has 1 aliphatic heterocycles. The van der Waals surface area contributed by atoms with E-state index in [1.54, 1.807) is 7.11 Å². The Morgan fingerprint density at radius 1 is 1.25 bits per heavy atom. The Morgan fingerprint density at radius 3 is 2.64 bits per heavy atom. The van der Waals surface area contributed by atoms with Gasteiger partial charge in [0.1, 0.15) is 12.4 Å². The van der Waals surface area contributed by atoms with E-state index in [0.29, 0.717) is 56.2 Å². The minimum atomic E-state index is -3.44. The normalized spacial score (nSPS) is 16.5. The smallest absolute Gasteiger partial charge is 0.252 e. The summed E-state index contributed by atoms with van der Waals surface area (Å²) in [5, 5.41) is 3.85. The second-order valence-electron chi connectivity index (χ2n) is 6.64. The fourth-order valence-corrected chi connectivity index (χ4v) is 4.56. The summed E-state index contributed by atoms with van der Waals surface area (Å²) in [6.45, 7) is 1.49. The molecule has 1 aromatic carbocycles. The Kier molecular flexibility index (Phi) is 7.11. The molecule has 1 saturated heterocycles. The lowest BCUT2D eigenvalue weighted by Crippen LogP contribution is -2.41. The van der Waals surface area contributed by atoms with Gasteiger partial charge in [0.2, 0.25) is 10.0 Å². The molecule has 0 radical (unpaired) electrons. The minimum absolute atomic E-state index is 0.0633. The molecule has 0 saturated carbocycles. The van der Waals surface area contributed by atoms with Crippen LogP contribution in [0.4, 0.5) is 4.39 Å². The second-order valence-corrected chi connectivity index (χ2v) is 8.61. The highest BCUT2D eigenvalue weighted by atomic mass is 32.2. The van der Waals surface area contributed by atoms with Crippen molar-refractivity contribution in [1.29, 1.82) is 0 Å². The number of benzene rings is 1. The zero-order valence-electron chi connectivity index (χ0n) is 15.7. The maximum atomic E-state index is 13.0. The predicted molar refractivity (Wildman–Crippen MR) is 98.3 cm³/mol. The number of aromatic nitrogens is 2. The third kappa shape index (κ3) is 5.81. The maximum absolute atomic E-state index is 13.0. The van der Waals surface area contributed by atoms with Crippen molar-refractivity contribution in [3.63, 3.8) is 0 Å². The third-order valence-electron chi connectivity index (χ3n) is 4.54. The van der Waals surface area contributed by atoms with Crippen LogP contribution in [0, 0.1) is 5.82 Å². The van der Waals surface area contributed by atoms with Gasteiger partial charge < -0.3 is 14.0 Å². The van der Waals surface area contributed by atoms with Crippen molar-refractivity contribution in [2.75, 3.05) is 26.8 Å². The predicted octanol–water partition coefficient (Wildman–Crippen LogP) is 1.91. The van der Waals surface area contributed by atoms with Crippen LogP contribution in [0.3, 0.4) is 0 Å². The lowest BCUT2D eigenvalue weighted by Gasteiger charge is -2.30. The highest BCUT2D eigenvalue weighted by molar-refractivity contribution is 7.88. The van der Waals surface area contributed by atoms with Crippen molar-refractivity contribution >= 4 is 10.0 Å². The molecule has 2 aromatic rings. The van der Waals surface area contributed by atoms with Crippen LogP contribution in [0.25, 0.3) is 0 Å². The van der Waals surface area contributed by atoms with Gasteiger partial charge in [-0.25, -0.2) is 17.1 Å². The summed E-state index contributed by atoms with van der Waals surface area (Å²) in [6.07, 6.45) is 1.69. The number of piperidine rings is 1. The van der Waals surface area contributed by atoms with Crippen LogP contribution in [0.2, 0.25) is 0 Å². The molecule has 0 spiro atoms. The number of ether oxygens (including phenoxy) is 2. The Hall–Kier alpha value is -1.88. The van der Waals surface area contributed by atoms with Crippen LogP contribution >= 0.6 is 0 Å². The van der Waals surface area contributed by atoms with Crippen molar-refractivity contribution in [1.82, 2.24) is 14.4 Å². The Balaban J connectivity index is 1.44. The summed E-state index contributed by atoms with van der Waals surface area (Å²) < 4.78 is 55.4. The molecule has 154 valence electrons. The number of halogens is 1. The molecule has 2 heterocycles. The summed E-state index contributed by atoms with van der Waals surface area (Å²) in [5.74, 6) is 0.455. The third-order valence-corrected chi connectivity index (χ3v) is 6.39. The van der Waals surface area contributed by atoms with E-state index in [4.69, 9.17) is 14.0 Å². The van der Waals surface area contributed by atoms with Crippen molar-refractivity contribution in [3.05, 3.63) is 47.4 Å². The van der Waals surface area contributed by atoms with Crippen LogP contribution in [0.15, 0.2) is 28.8 Å². The van der Waals surface area contributed by atoms with Gasteiger partial charge in [-0.15, -0.1) is 0 Å². The lowest BCUT2D eigenvalue weighted by atomic mass is 10.1. The Morgan fingerprint density at radius 2 is 1.96 bits per heavy atom. The Labute approximate surface area is 163 Å². The molecule has 0 N–H and O–H groups in total. The number of hydrogen-bond donors (Lipinski definition) is 0. The molecule has 0 bridgehead atoms. The van der Waals surface area contributed by atoms with Crippen LogP contribution < -0.4 is 0 Å². The van der Waals surface area contributed by atoms with Crippen LogP contribution in [-0.4, -0.2) is 55.8 Å². The van der Waals surface area contributed by atoms with Crippen molar-refractivity contribution in [3.8, 4) is 0 Å². The Bertz CT molecular complexity index is 848. The number of rotatable bonds is 9. The molecule has 0 unspecified atom stereocenters. The molecule has 3 rings (SSSR count). The average Bonchev–Trinajstić information content (AvgIpc) is 3.14. The number of hydrogen-bond acceptors (Lipinski definition) is 7. The van der Waals surface area contributed by atoms with Gasteiger partial charge in [-0.05, 0) is 30.5 Å². The minimum Gasteiger partial charge on any atom is -0.384 e. The molecule has 1 aromatic heterocycles. The van der Waals surface area contributed by atoms with Crippen molar-refractivity contribution < 1.29 is 26.8 Å². The second kappa shape index (κ2) is 9.55. The van der Waals surface area contributed by atoms with Gasteiger partial charge >= 0.3 is 0 Å². The number of sulfonamides is 1. The first-order valence-electron chi connectivity index (χ1n) is 9.10. The van der Waals surface area contributed by atoms with E-state index in [2.05, 4.69) is 10.1 Å². The fourth-order valence-electron chi connectivity index (χ4n) is 2.99. The van der Waals surface area contributed by atoms with E-state index >= 15 is 0 Å². The molecule has 0 aliphatic carbocycles. The van der Waals surface area contributed by atoms with Crippen molar-refractivity contribution in [2.45, 2.75) is 37.7 Å². The van der Waals surface area contributed by atoms with E-state index in [1.165, 1.54) is 28.6 Å². The van der Waals surface area contributed by atoms with Crippen molar-refractivity contribution in [2.24, 2.45) is 0 Å². The summed E-state index contributed by atoms with van der Waals surface area (Å²) in [5.41, 5.74) is 0.570. The lowest BCUT2D eigenvalue weighted by molar-refractivity contribution is -0.00120. The quantitative estimate of drug-likeness (QED) is 0.620. The monoisotopic (exact) mass is 413 g/mol. The van der Waals surface area contributed by atoms with Gasteiger partial charge in [-0.1, -0.05) is 17.3 Å². The molecule has 0 atom stereocenters. The summed E-state index contributed by atoms with van der Waals surface area (Å²) >= 11 is 0. The zero-order valence-corrected chi connectivity index (χ0v) is 16.5. The average molecular weight is 413 g/mol. The molecule has 10 heteroatoms. The van der Waals surface area contributed by atoms with Gasteiger partial charge in [0, 0.05) is 26.6 Å². The van der Waals surface area contributed by atoms with Crippen LogP contribution in [0.5, 0.6) is 0 Å². The first kappa shape index (κ1) is 20.8. The van der Waals surface area contributed by atoms with Gasteiger partial charge in [0.25, 0.3) is 5.89 Å². The maximum Gasteiger partial charge on any atom is 0.252 e. The first-order valence-corrected chi connectivity index (χ1v) is 10.7. The number of nitrogens with zero attached hydrogens (tertiary/aromatic N) is 3. The fraction of sp³-hybridized carbons (Fsp3) is 0.556. The van der Waals surface area contributed by atoms with Gasteiger partial charge in [-0.2, -0.15) is 4.98 Å². The standard InChI is InChI=1S/C18H24FN3O5S/c1-25-11-8-17-20-18(27-21-17)12-26-16-6-9-22(10-7-16)28(23,24)13-14-2-4-15(19)5-3-14/h2-5,16H,6-13H2,1H3. The zero-order chi connectivity index (χ0) is 20.0. The number of methoxy groups -OCH3 is 1. The molecule has 1 aliphatic rings. The molecule has 0 amide bonds. The van der Waals surface area contributed by atoms with E-state index < -0.39 is 10.0 Å². The molecule has 28 heavy (non-hydrogen) atoms. The largest absolute Gasteiger partial charge is 0.384 e. The SMILES string of the molecule is COCCc1noc(COC2CCN(S(=O)(=O)Cc3ccc(F)cc3)CC2)n1. The van der Waals surface area contributed by atoms with Gasteiger partial charge in [0.05, 0.1) is 18.5 Å². The van der Waals surface area contributed by atoms with E-state index in [0.717, 1.165) is 0 Å². The summed E-state index contributed by atoms with van der Waals surface area (Å²) in [4.78, 5) is 4.22. The van der Waals surface area contributed by atoms with E-state index in [-0.39, 0.29) is 24.3 Å². The van der Waals surface area contributed by atoms with E-state index in [1.807, 2.05) is 0 Å². The molecular formula is C18H24FN3O5S. The van der Waals surface area contributed by atoms with E-state index in [9.17, 15) is 12.8 Å². The van der Waals surface area contributed by atoms with Crippen LogP contribution in [0.1, 0.15) is 30.1 Å².